The molecule has 0 aliphatic rings. The van der Waals surface area contributed by atoms with E-state index in [1.807, 2.05) is 4.72 Å². The van der Waals surface area contributed by atoms with Crippen molar-refractivity contribution in [3.63, 3.8) is 0 Å². The van der Waals surface area contributed by atoms with Gasteiger partial charge in [0, 0.05) is 13.3 Å². The van der Waals surface area contributed by atoms with Crippen LogP contribution in [0.5, 0.6) is 0 Å². The molecule has 21 heavy (non-hydrogen) atoms. The van der Waals surface area contributed by atoms with Crippen LogP contribution in [0.1, 0.15) is 12.6 Å². The molecule has 1 heterocycles. The highest BCUT2D eigenvalue weighted by Gasteiger charge is 2.15. The minimum absolute atomic E-state index is 0.00180. The molecular formula is C12H15N5O3S. The smallest absolute Gasteiger partial charge is 0.264 e. The molecule has 9 heteroatoms. The van der Waals surface area contributed by atoms with Gasteiger partial charge in [-0.3, -0.25) is 4.79 Å². The summed E-state index contributed by atoms with van der Waals surface area (Å²) in [6, 6.07) is 5.97. The molecule has 0 aliphatic carbocycles. The Morgan fingerprint density at radius 1 is 1.33 bits per heavy atom. The molecule has 0 fully saturated rings. The van der Waals surface area contributed by atoms with Crippen LogP contribution in [-0.2, 0) is 21.2 Å². The third-order valence-electron chi connectivity index (χ3n) is 2.69. The summed E-state index contributed by atoms with van der Waals surface area (Å²) in [5, 5.41) is 7.75. The Bertz CT molecular complexity index is 737. The molecule has 0 atom stereocenters. The number of amides is 1. The average molecular weight is 309 g/mol. The highest BCUT2D eigenvalue weighted by molar-refractivity contribution is 7.90. The van der Waals surface area contributed by atoms with Gasteiger partial charge in [-0.25, -0.2) is 17.8 Å². The lowest BCUT2D eigenvalue weighted by molar-refractivity contribution is -0.117. The maximum atomic E-state index is 11.8. The largest absolute Gasteiger partial charge is 0.330 e. The third-order valence-corrected chi connectivity index (χ3v) is 4.14. The van der Waals surface area contributed by atoms with Crippen LogP contribution in [-0.4, -0.2) is 35.9 Å². The van der Waals surface area contributed by atoms with Gasteiger partial charge < -0.3 is 5.73 Å². The molecule has 8 nitrogen and oxygen atoms in total. The van der Waals surface area contributed by atoms with E-state index in [2.05, 4.69) is 10.3 Å². The fraction of sp³-hybridized carbons (Fsp3) is 0.250. The van der Waals surface area contributed by atoms with Gasteiger partial charge in [0.2, 0.25) is 5.91 Å². The van der Waals surface area contributed by atoms with E-state index in [9.17, 15) is 13.2 Å². The summed E-state index contributed by atoms with van der Waals surface area (Å²) in [5.41, 5.74) is 7.00. The van der Waals surface area contributed by atoms with E-state index < -0.39 is 15.9 Å². The number of carbonyl (C=O) groups is 1. The number of aromatic nitrogens is 3. The van der Waals surface area contributed by atoms with Crippen LogP contribution in [0.25, 0.3) is 5.69 Å². The SMILES string of the molecule is CC(=O)NS(=O)(=O)c1ccc(-n2nncc2CCN)cc1. The molecule has 2 aromatic rings. The van der Waals surface area contributed by atoms with Crippen LogP contribution in [0.2, 0.25) is 0 Å². The first-order chi connectivity index (χ1) is 9.94. The summed E-state index contributed by atoms with van der Waals surface area (Å²) in [6.45, 7) is 1.60. The standard InChI is InChI=1S/C12H15N5O3S/c1-9(18)15-21(19,20)12-4-2-10(3-5-12)17-11(6-7-13)8-14-16-17/h2-5,8H,6-7,13H2,1H3,(H,15,18). The Kier molecular flexibility index (Phi) is 4.34. The Hall–Kier alpha value is -2.26. The average Bonchev–Trinajstić information content (AvgIpc) is 2.86. The Labute approximate surface area is 122 Å². The first kappa shape index (κ1) is 15.1. The van der Waals surface area contributed by atoms with Gasteiger partial charge in [0.05, 0.1) is 22.5 Å². The zero-order valence-electron chi connectivity index (χ0n) is 11.4. The Morgan fingerprint density at radius 3 is 2.57 bits per heavy atom. The van der Waals surface area contributed by atoms with E-state index in [0.717, 1.165) is 12.6 Å². The normalized spacial score (nSPS) is 11.3. The van der Waals surface area contributed by atoms with E-state index in [-0.39, 0.29) is 4.90 Å². The van der Waals surface area contributed by atoms with Crippen LogP contribution in [0.4, 0.5) is 0 Å². The van der Waals surface area contributed by atoms with Crippen LogP contribution in [0.3, 0.4) is 0 Å². The second kappa shape index (κ2) is 6.02. The molecule has 0 saturated carbocycles. The van der Waals surface area contributed by atoms with Crippen molar-refractivity contribution < 1.29 is 13.2 Å². The van der Waals surface area contributed by atoms with Crippen LogP contribution >= 0.6 is 0 Å². The lowest BCUT2D eigenvalue weighted by Crippen LogP contribution is -2.28. The molecule has 1 aromatic heterocycles. The van der Waals surface area contributed by atoms with Gasteiger partial charge in [0.15, 0.2) is 0 Å². The van der Waals surface area contributed by atoms with Crippen molar-refractivity contribution in [1.82, 2.24) is 19.7 Å². The molecular weight excluding hydrogens is 294 g/mol. The van der Waals surface area contributed by atoms with Crippen molar-refractivity contribution in [3.05, 3.63) is 36.2 Å². The molecule has 0 spiro atoms. The zero-order valence-corrected chi connectivity index (χ0v) is 12.2. The maximum absolute atomic E-state index is 11.8. The fourth-order valence-corrected chi connectivity index (χ4v) is 2.80. The van der Waals surface area contributed by atoms with E-state index in [4.69, 9.17) is 5.73 Å². The molecule has 0 bridgehead atoms. The summed E-state index contributed by atoms with van der Waals surface area (Å²) in [7, 11) is -3.83. The van der Waals surface area contributed by atoms with Crippen molar-refractivity contribution in [2.24, 2.45) is 5.73 Å². The molecule has 3 N–H and O–H groups in total. The van der Waals surface area contributed by atoms with Gasteiger partial charge in [0.25, 0.3) is 10.0 Å². The zero-order chi connectivity index (χ0) is 15.5. The number of hydrogen-bond donors (Lipinski definition) is 2. The number of nitrogens with zero attached hydrogens (tertiary/aromatic N) is 3. The van der Waals surface area contributed by atoms with Crippen molar-refractivity contribution in [2.45, 2.75) is 18.2 Å². The molecule has 1 amide bonds. The number of sulfonamides is 1. The summed E-state index contributed by atoms with van der Waals surface area (Å²) >= 11 is 0. The molecule has 0 radical (unpaired) electrons. The minimum atomic E-state index is -3.83. The minimum Gasteiger partial charge on any atom is -0.330 e. The predicted molar refractivity (Wildman–Crippen MR) is 75.1 cm³/mol. The van der Waals surface area contributed by atoms with Crippen molar-refractivity contribution in [1.29, 1.82) is 0 Å². The van der Waals surface area contributed by atoms with Gasteiger partial charge in [-0.2, -0.15) is 0 Å². The van der Waals surface area contributed by atoms with Crippen molar-refractivity contribution >= 4 is 15.9 Å². The van der Waals surface area contributed by atoms with E-state index >= 15 is 0 Å². The van der Waals surface area contributed by atoms with E-state index in [1.54, 1.807) is 23.0 Å². The summed E-state index contributed by atoms with van der Waals surface area (Å²) in [5.74, 6) is -0.638. The lowest BCUT2D eigenvalue weighted by Gasteiger charge is -2.07. The van der Waals surface area contributed by atoms with E-state index in [1.165, 1.54) is 12.1 Å². The fourth-order valence-electron chi connectivity index (χ4n) is 1.81. The quantitative estimate of drug-likeness (QED) is 0.775. The van der Waals surface area contributed by atoms with E-state index in [0.29, 0.717) is 18.7 Å². The highest BCUT2D eigenvalue weighted by Crippen LogP contribution is 2.14. The van der Waals surface area contributed by atoms with Crippen LogP contribution in [0, 0.1) is 0 Å². The van der Waals surface area contributed by atoms with Gasteiger partial charge in [-0.15, -0.1) is 5.10 Å². The van der Waals surface area contributed by atoms with Gasteiger partial charge in [0.1, 0.15) is 0 Å². The van der Waals surface area contributed by atoms with Gasteiger partial charge in [-0.05, 0) is 30.8 Å². The summed E-state index contributed by atoms with van der Waals surface area (Å²) in [6.07, 6.45) is 2.22. The first-order valence-electron chi connectivity index (χ1n) is 6.17. The number of rotatable bonds is 5. The number of benzene rings is 1. The lowest BCUT2D eigenvalue weighted by atomic mass is 10.3. The number of carbonyl (C=O) groups excluding carboxylic acids is 1. The maximum Gasteiger partial charge on any atom is 0.264 e. The highest BCUT2D eigenvalue weighted by atomic mass is 32.2. The monoisotopic (exact) mass is 309 g/mol. The van der Waals surface area contributed by atoms with Crippen molar-refractivity contribution in [2.75, 3.05) is 6.54 Å². The number of nitrogens with one attached hydrogen (secondary N) is 1. The Balaban J connectivity index is 2.31. The number of hydrogen-bond acceptors (Lipinski definition) is 6. The second-order valence-corrected chi connectivity index (χ2v) is 6.01. The molecule has 0 saturated heterocycles. The molecule has 1 aromatic carbocycles. The first-order valence-corrected chi connectivity index (χ1v) is 7.66. The second-order valence-electron chi connectivity index (χ2n) is 4.33. The Morgan fingerprint density at radius 2 is 2.00 bits per heavy atom. The van der Waals surface area contributed by atoms with Crippen LogP contribution < -0.4 is 10.5 Å². The van der Waals surface area contributed by atoms with Crippen molar-refractivity contribution in [3.8, 4) is 5.69 Å². The molecule has 112 valence electrons. The predicted octanol–water partition coefficient (Wildman–Crippen LogP) is -0.407. The molecule has 0 aliphatic heterocycles. The third kappa shape index (κ3) is 3.44. The number of nitrogens with two attached hydrogens (primary N) is 1. The topological polar surface area (TPSA) is 120 Å². The van der Waals surface area contributed by atoms with Crippen LogP contribution in [0.15, 0.2) is 35.4 Å². The molecule has 0 unspecified atom stereocenters. The molecule has 2 rings (SSSR count). The summed E-state index contributed by atoms with van der Waals surface area (Å²) < 4.78 is 27.1. The van der Waals surface area contributed by atoms with Gasteiger partial charge in [-0.1, -0.05) is 5.21 Å². The van der Waals surface area contributed by atoms with Gasteiger partial charge >= 0.3 is 0 Å². The summed E-state index contributed by atoms with van der Waals surface area (Å²) in [4.78, 5) is 10.9.